The van der Waals surface area contributed by atoms with E-state index in [1.807, 2.05) is 24.3 Å². The molecule has 0 amide bonds. The van der Waals surface area contributed by atoms with E-state index in [-0.39, 0.29) is 17.1 Å². The predicted octanol–water partition coefficient (Wildman–Crippen LogP) is 2.70. The maximum atomic E-state index is 11.2. The van der Waals surface area contributed by atoms with Crippen LogP contribution in [0, 0.1) is 0 Å². The Bertz CT molecular complexity index is 833. The summed E-state index contributed by atoms with van der Waals surface area (Å²) < 4.78 is 5.52. The zero-order chi connectivity index (χ0) is 14.8. The lowest BCUT2D eigenvalue weighted by Gasteiger charge is -2.08. The third kappa shape index (κ3) is 2.59. The van der Waals surface area contributed by atoms with Crippen molar-refractivity contribution < 1.29 is 14.6 Å². The Morgan fingerprint density at radius 1 is 1.14 bits per heavy atom. The van der Waals surface area contributed by atoms with Crippen molar-refractivity contribution in [1.82, 2.24) is 9.97 Å². The van der Waals surface area contributed by atoms with E-state index in [0.29, 0.717) is 5.75 Å². The fraction of sp³-hybridized carbons (Fsp3) is 0. The van der Waals surface area contributed by atoms with Gasteiger partial charge < -0.3 is 15.6 Å². The fourth-order valence-corrected chi connectivity index (χ4v) is 1.92. The summed E-state index contributed by atoms with van der Waals surface area (Å²) in [5.74, 6) is -0.763. The highest BCUT2D eigenvalue weighted by Crippen LogP contribution is 2.26. The first-order valence-electron chi connectivity index (χ1n) is 6.15. The van der Waals surface area contributed by atoms with Gasteiger partial charge in [0.2, 0.25) is 5.88 Å². The van der Waals surface area contributed by atoms with Gasteiger partial charge >= 0.3 is 5.97 Å². The number of ether oxygens (including phenoxy) is 1. The SMILES string of the molecule is Nc1cnc(Oc2cnc3ccccc3c2)c(C(=O)O)c1. The number of hydrogen-bond donors (Lipinski definition) is 2. The monoisotopic (exact) mass is 281 g/mol. The zero-order valence-electron chi connectivity index (χ0n) is 10.9. The van der Waals surface area contributed by atoms with Crippen molar-refractivity contribution in [2.45, 2.75) is 0 Å². The molecule has 104 valence electrons. The summed E-state index contributed by atoms with van der Waals surface area (Å²) in [6.45, 7) is 0. The molecule has 0 fully saturated rings. The number of nitrogens with two attached hydrogens (primary N) is 1. The van der Waals surface area contributed by atoms with Crippen LogP contribution in [-0.2, 0) is 0 Å². The molecule has 0 spiro atoms. The molecule has 2 aromatic heterocycles. The van der Waals surface area contributed by atoms with Crippen LogP contribution >= 0.6 is 0 Å². The highest BCUT2D eigenvalue weighted by molar-refractivity contribution is 5.91. The Hall–Kier alpha value is -3.15. The number of aromatic carboxylic acids is 1. The van der Waals surface area contributed by atoms with Crippen LogP contribution in [0.4, 0.5) is 5.69 Å². The van der Waals surface area contributed by atoms with E-state index >= 15 is 0 Å². The minimum Gasteiger partial charge on any atom is -0.477 e. The molecule has 0 radical (unpaired) electrons. The molecule has 6 heteroatoms. The third-order valence-electron chi connectivity index (χ3n) is 2.88. The molecule has 6 nitrogen and oxygen atoms in total. The molecule has 1 aromatic carbocycles. The number of nitrogens with zero attached hydrogens (tertiary/aromatic N) is 2. The first-order chi connectivity index (χ1) is 10.1. The van der Waals surface area contributed by atoms with Gasteiger partial charge in [-0.05, 0) is 18.2 Å². The predicted molar refractivity (Wildman–Crippen MR) is 77.4 cm³/mol. The lowest BCUT2D eigenvalue weighted by Crippen LogP contribution is -2.03. The van der Waals surface area contributed by atoms with E-state index in [4.69, 9.17) is 15.6 Å². The van der Waals surface area contributed by atoms with Crippen molar-refractivity contribution in [1.29, 1.82) is 0 Å². The van der Waals surface area contributed by atoms with Crippen LogP contribution in [0.2, 0.25) is 0 Å². The first-order valence-corrected chi connectivity index (χ1v) is 6.15. The Morgan fingerprint density at radius 2 is 1.95 bits per heavy atom. The molecule has 0 aliphatic rings. The summed E-state index contributed by atoms with van der Waals surface area (Å²) in [5.41, 5.74) is 6.53. The van der Waals surface area contributed by atoms with Crippen LogP contribution in [0.5, 0.6) is 11.6 Å². The van der Waals surface area contributed by atoms with Crippen molar-refractivity contribution in [2.24, 2.45) is 0 Å². The van der Waals surface area contributed by atoms with Gasteiger partial charge in [0.15, 0.2) is 0 Å². The number of anilines is 1. The summed E-state index contributed by atoms with van der Waals surface area (Å²) in [7, 11) is 0. The average molecular weight is 281 g/mol. The summed E-state index contributed by atoms with van der Waals surface area (Å²) in [5, 5.41) is 10.0. The molecule has 0 aliphatic carbocycles. The summed E-state index contributed by atoms with van der Waals surface area (Å²) in [6.07, 6.45) is 2.86. The number of carboxylic acids is 1. The number of aromatic nitrogens is 2. The second-order valence-electron chi connectivity index (χ2n) is 4.39. The van der Waals surface area contributed by atoms with E-state index < -0.39 is 5.97 Å². The Kier molecular flexibility index (Phi) is 3.12. The van der Waals surface area contributed by atoms with Crippen molar-refractivity contribution in [3.63, 3.8) is 0 Å². The number of nitrogen functional groups attached to an aromatic ring is 1. The second-order valence-corrected chi connectivity index (χ2v) is 4.39. The van der Waals surface area contributed by atoms with Crippen LogP contribution in [0.3, 0.4) is 0 Å². The summed E-state index contributed by atoms with van der Waals surface area (Å²) >= 11 is 0. The van der Waals surface area contributed by atoms with Crippen LogP contribution in [0.1, 0.15) is 10.4 Å². The number of carbonyl (C=O) groups is 1. The number of pyridine rings is 2. The second kappa shape index (κ2) is 5.09. The molecule has 0 unspecified atom stereocenters. The van der Waals surface area contributed by atoms with Gasteiger partial charge in [-0.25, -0.2) is 9.78 Å². The minimum atomic E-state index is -1.15. The van der Waals surface area contributed by atoms with Gasteiger partial charge in [0.25, 0.3) is 0 Å². The zero-order valence-corrected chi connectivity index (χ0v) is 10.9. The molecule has 3 aromatic rings. The highest BCUT2D eigenvalue weighted by atomic mass is 16.5. The molecular weight excluding hydrogens is 270 g/mol. The normalized spacial score (nSPS) is 10.5. The van der Waals surface area contributed by atoms with E-state index in [2.05, 4.69) is 9.97 Å². The summed E-state index contributed by atoms with van der Waals surface area (Å²) in [4.78, 5) is 19.3. The maximum absolute atomic E-state index is 11.2. The molecule has 0 saturated heterocycles. The van der Waals surface area contributed by atoms with Crippen LogP contribution < -0.4 is 10.5 Å². The first kappa shape index (κ1) is 12.9. The van der Waals surface area contributed by atoms with E-state index in [1.54, 1.807) is 6.07 Å². The van der Waals surface area contributed by atoms with Crippen molar-refractivity contribution in [3.05, 3.63) is 54.4 Å². The van der Waals surface area contributed by atoms with Crippen LogP contribution in [-0.4, -0.2) is 21.0 Å². The Morgan fingerprint density at radius 3 is 2.76 bits per heavy atom. The number of carboxylic acid groups (broad SMARTS) is 1. The highest BCUT2D eigenvalue weighted by Gasteiger charge is 2.14. The number of para-hydroxylation sites is 1. The average Bonchev–Trinajstić information content (AvgIpc) is 2.49. The Balaban J connectivity index is 2.00. The molecule has 0 bridgehead atoms. The molecule has 21 heavy (non-hydrogen) atoms. The minimum absolute atomic E-state index is 0.0196. The van der Waals surface area contributed by atoms with E-state index in [9.17, 15) is 4.79 Å². The lowest BCUT2D eigenvalue weighted by molar-refractivity contribution is 0.0693. The standard InChI is InChI=1S/C15H11N3O3/c16-10-6-12(15(19)20)14(18-7-10)21-11-5-9-3-1-2-4-13(9)17-8-11/h1-8H,16H2,(H,19,20). The molecule has 0 aliphatic heterocycles. The van der Waals surface area contributed by atoms with Crippen molar-refractivity contribution in [2.75, 3.05) is 5.73 Å². The van der Waals surface area contributed by atoms with Gasteiger partial charge in [-0.3, -0.25) is 4.98 Å². The number of rotatable bonds is 3. The number of fused-ring (bicyclic) bond motifs is 1. The molecule has 0 atom stereocenters. The Labute approximate surface area is 119 Å². The largest absolute Gasteiger partial charge is 0.477 e. The van der Waals surface area contributed by atoms with Gasteiger partial charge in [-0.15, -0.1) is 0 Å². The van der Waals surface area contributed by atoms with Crippen molar-refractivity contribution in [3.8, 4) is 11.6 Å². The third-order valence-corrected chi connectivity index (χ3v) is 2.88. The molecule has 3 rings (SSSR count). The lowest BCUT2D eigenvalue weighted by atomic mass is 10.2. The topological polar surface area (TPSA) is 98.3 Å². The smallest absolute Gasteiger partial charge is 0.341 e. The van der Waals surface area contributed by atoms with Crippen LogP contribution in [0.15, 0.2) is 48.8 Å². The molecule has 2 heterocycles. The molecule has 0 saturated carbocycles. The summed E-state index contributed by atoms with van der Waals surface area (Å²) in [6, 6.07) is 10.6. The number of benzene rings is 1. The van der Waals surface area contributed by atoms with E-state index in [0.717, 1.165) is 10.9 Å². The molecule has 3 N–H and O–H groups in total. The van der Waals surface area contributed by atoms with E-state index in [1.165, 1.54) is 18.5 Å². The van der Waals surface area contributed by atoms with Gasteiger partial charge in [-0.1, -0.05) is 18.2 Å². The molecular formula is C15H11N3O3. The van der Waals surface area contributed by atoms with Gasteiger partial charge in [0.1, 0.15) is 11.3 Å². The van der Waals surface area contributed by atoms with Gasteiger partial charge in [0, 0.05) is 5.39 Å². The quantitative estimate of drug-likeness (QED) is 0.765. The number of hydrogen-bond acceptors (Lipinski definition) is 5. The van der Waals surface area contributed by atoms with Crippen molar-refractivity contribution >= 4 is 22.6 Å². The van der Waals surface area contributed by atoms with Gasteiger partial charge in [-0.2, -0.15) is 0 Å². The van der Waals surface area contributed by atoms with Crippen LogP contribution in [0.25, 0.3) is 10.9 Å². The van der Waals surface area contributed by atoms with Gasteiger partial charge in [0.05, 0.1) is 23.6 Å². The maximum Gasteiger partial charge on any atom is 0.341 e. The fourth-order valence-electron chi connectivity index (χ4n) is 1.92.